The Morgan fingerprint density at radius 2 is 1.94 bits per heavy atom. The van der Waals surface area contributed by atoms with Crippen LogP contribution in [0.2, 0.25) is 0 Å². The van der Waals surface area contributed by atoms with Crippen LogP contribution in [0.1, 0.15) is 10.4 Å². The smallest absolute Gasteiger partial charge is 0.257 e. The van der Waals surface area contributed by atoms with Gasteiger partial charge in [-0.2, -0.15) is 4.99 Å². The van der Waals surface area contributed by atoms with Crippen LogP contribution in [0.4, 0.5) is 0 Å². The van der Waals surface area contributed by atoms with Crippen LogP contribution in [0.5, 0.6) is 0 Å². The van der Waals surface area contributed by atoms with E-state index in [-0.39, 0.29) is 17.8 Å². The van der Waals surface area contributed by atoms with Crippen molar-refractivity contribution in [3.8, 4) is 0 Å². The fourth-order valence-electron chi connectivity index (χ4n) is 1.02. The Kier molecular flexibility index (Phi) is 4.21. The maximum atomic E-state index is 11.7. The van der Waals surface area contributed by atoms with Gasteiger partial charge in [-0.1, -0.05) is 18.2 Å². The Morgan fingerprint density at radius 1 is 1.35 bits per heavy atom. The van der Waals surface area contributed by atoms with Gasteiger partial charge in [0.2, 0.25) is 11.9 Å². The van der Waals surface area contributed by atoms with Crippen molar-refractivity contribution >= 4 is 17.8 Å². The lowest BCUT2D eigenvalue weighted by atomic mass is 10.2. The van der Waals surface area contributed by atoms with Crippen molar-refractivity contribution in [2.45, 2.75) is 0 Å². The van der Waals surface area contributed by atoms with Gasteiger partial charge < -0.3 is 10.6 Å². The fourth-order valence-corrected chi connectivity index (χ4v) is 1.02. The Bertz CT molecular complexity index is 438. The Labute approximate surface area is 99.6 Å². The lowest BCUT2D eigenvalue weighted by Gasteiger charge is -2.10. The molecule has 0 aliphatic carbocycles. The van der Waals surface area contributed by atoms with Gasteiger partial charge in [-0.15, -0.1) is 0 Å². The van der Waals surface area contributed by atoms with E-state index in [0.29, 0.717) is 5.56 Å². The third-order valence-electron chi connectivity index (χ3n) is 1.93. The van der Waals surface area contributed by atoms with Gasteiger partial charge in [0.05, 0.1) is 0 Å². The van der Waals surface area contributed by atoms with Crippen LogP contribution in [0.15, 0.2) is 35.3 Å². The maximum absolute atomic E-state index is 11.7. The summed E-state index contributed by atoms with van der Waals surface area (Å²) in [5, 5.41) is 9.83. The number of benzene rings is 1. The van der Waals surface area contributed by atoms with E-state index in [1.165, 1.54) is 4.90 Å². The summed E-state index contributed by atoms with van der Waals surface area (Å²) in [6.45, 7) is 0. The summed E-state index contributed by atoms with van der Waals surface area (Å²) in [7, 11) is 3.33. The van der Waals surface area contributed by atoms with Crippen molar-refractivity contribution in [1.82, 2.24) is 10.2 Å². The first kappa shape index (κ1) is 12.7. The summed E-state index contributed by atoms with van der Waals surface area (Å²) in [6, 6.07) is 8.66. The first-order chi connectivity index (χ1) is 8.00. The van der Waals surface area contributed by atoms with E-state index in [0.717, 1.165) is 0 Å². The molecule has 0 unspecified atom stereocenters. The topological polar surface area (TPSA) is 94.6 Å². The summed E-state index contributed by atoms with van der Waals surface area (Å²) >= 11 is 0. The molecule has 0 saturated carbocycles. The van der Waals surface area contributed by atoms with E-state index in [4.69, 9.17) is 11.1 Å². The molecule has 0 aliphatic rings. The predicted octanol–water partition coefficient (Wildman–Crippen LogP) is 0.227. The van der Waals surface area contributed by atoms with E-state index in [9.17, 15) is 4.79 Å². The molecule has 0 fully saturated rings. The van der Waals surface area contributed by atoms with Gasteiger partial charge in [0.1, 0.15) is 0 Å². The highest BCUT2D eigenvalue weighted by molar-refractivity contribution is 6.07. The van der Waals surface area contributed by atoms with Crippen LogP contribution >= 0.6 is 0 Å². The Morgan fingerprint density at radius 3 is 2.47 bits per heavy atom. The molecule has 0 saturated heterocycles. The lowest BCUT2D eigenvalue weighted by molar-refractivity contribution is 0.0976. The molecular formula is C11H15N5O. The number of aliphatic imine (C=N–C) groups is 1. The molecule has 6 nitrogen and oxygen atoms in total. The van der Waals surface area contributed by atoms with Crippen LogP contribution in [0.3, 0.4) is 0 Å². The van der Waals surface area contributed by atoms with Crippen LogP contribution in [0, 0.1) is 5.41 Å². The fraction of sp³-hybridized carbons (Fsp3) is 0.182. The van der Waals surface area contributed by atoms with E-state index in [1.54, 1.807) is 38.4 Å². The number of hydrogen-bond donors (Lipinski definition) is 3. The molecule has 0 heterocycles. The second-order valence-corrected chi connectivity index (χ2v) is 3.54. The number of amides is 1. The van der Waals surface area contributed by atoms with E-state index < -0.39 is 0 Å². The number of nitrogens with two attached hydrogens (primary N) is 1. The van der Waals surface area contributed by atoms with Gasteiger partial charge in [-0.3, -0.25) is 15.5 Å². The number of nitrogens with one attached hydrogen (secondary N) is 2. The van der Waals surface area contributed by atoms with Crippen molar-refractivity contribution < 1.29 is 4.79 Å². The number of hydrogen-bond acceptors (Lipinski definition) is 2. The molecule has 0 spiro atoms. The normalized spacial score (nSPS) is 10.8. The third-order valence-corrected chi connectivity index (χ3v) is 1.93. The van der Waals surface area contributed by atoms with E-state index >= 15 is 0 Å². The maximum Gasteiger partial charge on any atom is 0.257 e. The van der Waals surface area contributed by atoms with Gasteiger partial charge in [0, 0.05) is 19.7 Å². The second-order valence-electron chi connectivity index (χ2n) is 3.54. The first-order valence-electron chi connectivity index (χ1n) is 4.97. The molecular weight excluding hydrogens is 218 g/mol. The van der Waals surface area contributed by atoms with Crippen LogP contribution in [-0.4, -0.2) is 36.8 Å². The summed E-state index contributed by atoms with van der Waals surface area (Å²) in [6.07, 6.45) is 0. The number of carbonyl (C=O) groups is 1. The number of guanidine groups is 2. The van der Waals surface area contributed by atoms with Crippen molar-refractivity contribution in [3.05, 3.63) is 35.9 Å². The van der Waals surface area contributed by atoms with Crippen molar-refractivity contribution in [2.75, 3.05) is 14.1 Å². The van der Waals surface area contributed by atoms with Gasteiger partial charge in [0.15, 0.2) is 0 Å². The van der Waals surface area contributed by atoms with Crippen LogP contribution < -0.4 is 11.1 Å². The average Bonchev–Trinajstić information content (AvgIpc) is 2.29. The molecule has 4 N–H and O–H groups in total. The molecule has 1 amide bonds. The molecule has 1 aromatic rings. The van der Waals surface area contributed by atoms with E-state index in [1.807, 2.05) is 6.07 Å². The Hall–Kier alpha value is -2.37. The molecule has 0 aromatic heterocycles. The minimum atomic E-state index is -0.349. The molecule has 17 heavy (non-hydrogen) atoms. The lowest BCUT2D eigenvalue weighted by Crippen LogP contribution is -2.38. The van der Waals surface area contributed by atoms with Gasteiger partial charge in [0.25, 0.3) is 5.91 Å². The highest BCUT2D eigenvalue weighted by Gasteiger charge is 2.06. The largest absolute Gasteiger partial charge is 0.369 e. The highest BCUT2D eigenvalue weighted by atomic mass is 16.1. The quantitative estimate of drug-likeness (QED) is 0.478. The van der Waals surface area contributed by atoms with Crippen LogP contribution in [0.25, 0.3) is 0 Å². The monoisotopic (exact) mass is 233 g/mol. The molecule has 1 rings (SSSR count). The molecule has 0 bridgehead atoms. The molecule has 0 aliphatic heterocycles. The van der Waals surface area contributed by atoms with Crippen molar-refractivity contribution in [3.63, 3.8) is 0 Å². The van der Waals surface area contributed by atoms with Gasteiger partial charge in [-0.25, -0.2) is 0 Å². The first-order valence-corrected chi connectivity index (χ1v) is 4.97. The average molecular weight is 233 g/mol. The summed E-state index contributed by atoms with van der Waals surface area (Å²) in [5.41, 5.74) is 5.99. The molecule has 1 aromatic carbocycles. The highest BCUT2D eigenvalue weighted by Crippen LogP contribution is 1.97. The third kappa shape index (κ3) is 3.94. The van der Waals surface area contributed by atoms with Crippen molar-refractivity contribution in [1.29, 1.82) is 5.41 Å². The zero-order chi connectivity index (χ0) is 12.8. The number of rotatable bonds is 1. The molecule has 6 heteroatoms. The SMILES string of the molecule is CN(C)C(=N)N=C(N)NC(=O)c1ccccc1. The Balaban J connectivity index is 2.67. The zero-order valence-corrected chi connectivity index (χ0v) is 9.77. The predicted molar refractivity (Wildman–Crippen MR) is 66.9 cm³/mol. The second kappa shape index (κ2) is 5.64. The van der Waals surface area contributed by atoms with E-state index in [2.05, 4.69) is 10.3 Å². The van der Waals surface area contributed by atoms with Crippen LogP contribution in [-0.2, 0) is 0 Å². The number of carbonyl (C=O) groups excluding carboxylic acids is 1. The summed E-state index contributed by atoms with van der Waals surface area (Å²) < 4.78 is 0. The minimum absolute atomic E-state index is 0.0316. The number of nitrogens with zero attached hydrogens (tertiary/aromatic N) is 2. The summed E-state index contributed by atoms with van der Waals surface area (Å²) in [4.78, 5) is 16.8. The molecule has 90 valence electrons. The molecule has 0 atom stereocenters. The molecule has 0 radical (unpaired) electrons. The summed E-state index contributed by atoms with van der Waals surface area (Å²) in [5.74, 6) is -0.480. The minimum Gasteiger partial charge on any atom is -0.369 e. The standard InChI is InChI=1S/C11H15N5O/c1-16(2)11(13)15-10(12)14-9(17)8-6-4-3-5-7-8/h3-7H,1-2H3,(H4,12,13,14,15,17). The van der Waals surface area contributed by atoms with Gasteiger partial charge in [-0.05, 0) is 12.1 Å². The van der Waals surface area contributed by atoms with Crippen molar-refractivity contribution in [2.24, 2.45) is 10.7 Å². The zero-order valence-electron chi connectivity index (χ0n) is 9.77. The van der Waals surface area contributed by atoms with Gasteiger partial charge >= 0.3 is 0 Å².